The standard InChI is InChI=1S/C11H23NO5/c1-3-12(10-11(13)14)4-5-16-8-9-17-7-6-15-2/h3-10H2,1-2H3,(H,13,14). The van der Waals surface area contributed by atoms with Crippen LogP contribution in [0, 0.1) is 0 Å². The monoisotopic (exact) mass is 249 g/mol. The quantitative estimate of drug-likeness (QED) is 0.494. The first-order valence-corrected chi connectivity index (χ1v) is 5.79. The Morgan fingerprint density at radius 2 is 1.71 bits per heavy atom. The number of hydrogen-bond acceptors (Lipinski definition) is 5. The summed E-state index contributed by atoms with van der Waals surface area (Å²) in [5, 5.41) is 8.62. The molecular weight excluding hydrogens is 226 g/mol. The Bertz CT molecular complexity index is 189. The molecule has 0 saturated carbocycles. The maximum Gasteiger partial charge on any atom is 0.317 e. The Morgan fingerprint density at radius 3 is 2.24 bits per heavy atom. The van der Waals surface area contributed by atoms with E-state index in [-0.39, 0.29) is 6.54 Å². The number of hydrogen-bond donors (Lipinski definition) is 1. The molecule has 0 atom stereocenters. The topological polar surface area (TPSA) is 68.2 Å². The minimum absolute atomic E-state index is 0.0597. The van der Waals surface area contributed by atoms with Crippen LogP contribution in [0.2, 0.25) is 0 Å². The van der Waals surface area contributed by atoms with E-state index in [0.29, 0.717) is 46.1 Å². The number of carbonyl (C=O) groups is 1. The van der Waals surface area contributed by atoms with Crippen LogP contribution in [-0.2, 0) is 19.0 Å². The fourth-order valence-electron chi connectivity index (χ4n) is 1.20. The van der Waals surface area contributed by atoms with Gasteiger partial charge in [-0.15, -0.1) is 0 Å². The van der Waals surface area contributed by atoms with E-state index in [1.165, 1.54) is 0 Å². The Hall–Kier alpha value is -0.690. The molecule has 17 heavy (non-hydrogen) atoms. The number of nitrogens with zero attached hydrogens (tertiary/aromatic N) is 1. The third-order valence-electron chi connectivity index (χ3n) is 2.16. The predicted molar refractivity (Wildman–Crippen MR) is 63.3 cm³/mol. The summed E-state index contributed by atoms with van der Waals surface area (Å²) in [6.07, 6.45) is 0. The van der Waals surface area contributed by atoms with E-state index in [0.717, 1.165) is 0 Å². The van der Waals surface area contributed by atoms with E-state index in [4.69, 9.17) is 19.3 Å². The van der Waals surface area contributed by atoms with Crippen LogP contribution < -0.4 is 0 Å². The van der Waals surface area contributed by atoms with Gasteiger partial charge in [-0.3, -0.25) is 9.69 Å². The van der Waals surface area contributed by atoms with Gasteiger partial charge < -0.3 is 19.3 Å². The first-order valence-electron chi connectivity index (χ1n) is 5.79. The number of methoxy groups -OCH3 is 1. The van der Waals surface area contributed by atoms with Crippen molar-refractivity contribution in [3.8, 4) is 0 Å². The summed E-state index contributed by atoms with van der Waals surface area (Å²) in [4.78, 5) is 12.3. The summed E-state index contributed by atoms with van der Waals surface area (Å²) in [5.41, 5.74) is 0. The fourth-order valence-corrected chi connectivity index (χ4v) is 1.20. The largest absolute Gasteiger partial charge is 0.480 e. The Kier molecular flexibility index (Phi) is 11.3. The molecule has 0 bridgehead atoms. The maximum absolute atomic E-state index is 10.5. The zero-order chi connectivity index (χ0) is 12.9. The van der Waals surface area contributed by atoms with E-state index in [9.17, 15) is 4.79 Å². The molecule has 102 valence electrons. The second-order valence-electron chi connectivity index (χ2n) is 3.48. The molecule has 0 amide bonds. The molecule has 0 fully saturated rings. The second kappa shape index (κ2) is 11.8. The van der Waals surface area contributed by atoms with Gasteiger partial charge >= 0.3 is 5.97 Å². The lowest BCUT2D eigenvalue weighted by atomic mass is 10.4. The summed E-state index contributed by atoms with van der Waals surface area (Å²) in [7, 11) is 1.63. The van der Waals surface area contributed by atoms with Gasteiger partial charge in [0, 0.05) is 13.7 Å². The van der Waals surface area contributed by atoms with Crippen molar-refractivity contribution in [1.29, 1.82) is 0 Å². The molecular formula is C11H23NO5. The smallest absolute Gasteiger partial charge is 0.317 e. The van der Waals surface area contributed by atoms with E-state index >= 15 is 0 Å². The van der Waals surface area contributed by atoms with Crippen molar-refractivity contribution in [2.45, 2.75) is 6.92 Å². The van der Waals surface area contributed by atoms with Crippen molar-refractivity contribution in [1.82, 2.24) is 4.90 Å². The summed E-state index contributed by atoms with van der Waals surface area (Å²) in [6, 6.07) is 0. The van der Waals surface area contributed by atoms with E-state index in [1.807, 2.05) is 11.8 Å². The van der Waals surface area contributed by atoms with Crippen molar-refractivity contribution in [3.05, 3.63) is 0 Å². The summed E-state index contributed by atoms with van der Waals surface area (Å²) >= 11 is 0. The molecule has 0 heterocycles. The van der Waals surface area contributed by atoms with Gasteiger partial charge in [0.15, 0.2) is 0 Å². The van der Waals surface area contributed by atoms with E-state index < -0.39 is 5.97 Å². The Labute approximate surface area is 102 Å². The van der Waals surface area contributed by atoms with Crippen LogP contribution in [0.3, 0.4) is 0 Å². The third-order valence-corrected chi connectivity index (χ3v) is 2.16. The highest BCUT2D eigenvalue weighted by Crippen LogP contribution is 1.88. The first kappa shape index (κ1) is 16.3. The number of likely N-dealkylation sites (N-methyl/N-ethyl adjacent to an activating group) is 1. The Balaban J connectivity index is 3.28. The highest BCUT2D eigenvalue weighted by atomic mass is 16.5. The highest BCUT2D eigenvalue weighted by molar-refractivity contribution is 5.69. The van der Waals surface area contributed by atoms with E-state index in [2.05, 4.69) is 0 Å². The number of carboxylic acids is 1. The molecule has 1 N–H and O–H groups in total. The van der Waals surface area contributed by atoms with Gasteiger partial charge in [0.1, 0.15) is 0 Å². The summed E-state index contributed by atoms with van der Waals surface area (Å²) in [5.74, 6) is -0.810. The van der Waals surface area contributed by atoms with Gasteiger partial charge in [0.2, 0.25) is 0 Å². The van der Waals surface area contributed by atoms with Gasteiger partial charge in [0.05, 0.1) is 39.6 Å². The van der Waals surface area contributed by atoms with Crippen LogP contribution in [0.15, 0.2) is 0 Å². The molecule has 0 rings (SSSR count). The summed E-state index contributed by atoms with van der Waals surface area (Å²) < 4.78 is 15.4. The average molecular weight is 249 g/mol. The molecule has 0 aliphatic rings. The van der Waals surface area contributed by atoms with E-state index in [1.54, 1.807) is 7.11 Å². The third kappa shape index (κ3) is 11.6. The second-order valence-corrected chi connectivity index (χ2v) is 3.48. The molecule has 0 saturated heterocycles. The number of ether oxygens (including phenoxy) is 3. The highest BCUT2D eigenvalue weighted by Gasteiger charge is 2.06. The normalized spacial score (nSPS) is 11.0. The number of aliphatic carboxylic acids is 1. The van der Waals surface area contributed by atoms with Crippen LogP contribution in [0.5, 0.6) is 0 Å². The molecule has 0 aromatic carbocycles. The van der Waals surface area contributed by atoms with Crippen LogP contribution in [0.4, 0.5) is 0 Å². The number of carboxylic acid groups (broad SMARTS) is 1. The molecule has 0 aromatic rings. The average Bonchev–Trinajstić information content (AvgIpc) is 2.30. The molecule has 6 nitrogen and oxygen atoms in total. The molecule has 0 aromatic heterocycles. The van der Waals surface area contributed by atoms with Crippen LogP contribution in [0.1, 0.15) is 6.92 Å². The van der Waals surface area contributed by atoms with Crippen molar-refractivity contribution >= 4 is 5.97 Å². The zero-order valence-corrected chi connectivity index (χ0v) is 10.7. The minimum Gasteiger partial charge on any atom is -0.480 e. The van der Waals surface area contributed by atoms with Crippen molar-refractivity contribution in [2.75, 3.05) is 59.8 Å². The molecule has 0 spiro atoms. The van der Waals surface area contributed by atoms with Crippen molar-refractivity contribution < 1.29 is 24.1 Å². The maximum atomic E-state index is 10.5. The van der Waals surface area contributed by atoms with Crippen molar-refractivity contribution in [3.63, 3.8) is 0 Å². The first-order chi connectivity index (χ1) is 8.20. The lowest BCUT2D eigenvalue weighted by Gasteiger charge is -2.17. The van der Waals surface area contributed by atoms with Gasteiger partial charge in [-0.05, 0) is 6.54 Å². The van der Waals surface area contributed by atoms with Gasteiger partial charge in [-0.25, -0.2) is 0 Å². The molecule has 0 radical (unpaired) electrons. The van der Waals surface area contributed by atoms with Crippen LogP contribution in [0.25, 0.3) is 0 Å². The van der Waals surface area contributed by atoms with Gasteiger partial charge in [0.25, 0.3) is 0 Å². The number of rotatable bonds is 12. The van der Waals surface area contributed by atoms with Gasteiger partial charge in [-0.1, -0.05) is 6.92 Å². The van der Waals surface area contributed by atoms with Crippen LogP contribution in [-0.4, -0.2) is 75.8 Å². The fraction of sp³-hybridized carbons (Fsp3) is 0.909. The molecule has 0 unspecified atom stereocenters. The SMILES string of the molecule is CCN(CCOCCOCCOC)CC(=O)O. The summed E-state index contributed by atoms with van der Waals surface area (Å²) in [6.45, 7) is 6.06. The predicted octanol–water partition coefficient (Wildman–Crippen LogP) is 0.0725. The zero-order valence-electron chi connectivity index (χ0n) is 10.7. The van der Waals surface area contributed by atoms with Gasteiger partial charge in [-0.2, -0.15) is 0 Å². The van der Waals surface area contributed by atoms with Crippen LogP contribution >= 0.6 is 0 Å². The molecule has 0 aliphatic heterocycles. The minimum atomic E-state index is -0.810. The van der Waals surface area contributed by atoms with Crippen molar-refractivity contribution in [2.24, 2.45) is 0 Å². The molecule has 6 heteroatoms. The lowest BCUT2D eigenvalue weighted by Crippen LogP contribution is -2.32. The lowest BCUT2D eigenvalue weighted by molar-refractivity contribution is -0.138. The molecule has 0 aliphatic carbocycles. The Morgan fingerprint density at radius 1 is 1.12 bits per heavy atom.